The zero-order valence-corrected chi connectivity index (χ0v) is 13.8. The van der Waals surface area contributed by atoms with Crippen molar-refractivity contribution in [2.75, 3.05) is 40.3 Å². The van der Waals surface area contributed by atoms with E-state index in [4.69, 9.17) is 27.9 Å². The average molecular weight is 331 g/mol. The van der Waals surface area contributed by atoms with Gasteiger partial charge in [0, 0.05) is 40.2 Å². The number of rotatable bonds is 4. The van der Waals surface area contributed by atoms with Crippen molar-refractivity contribution in [2.24, 2.45) is 0 Å². The van der Waals surface area contributed by atoms with Crippen LogP contribution >= 0.6 is 23.2 Å². The second kappa shape index (κ2) is 7.45. The fraction of sp³-hybridized carbons (Fsp3) is 0.533. The van der Waals surface area contributed by atoms with Gasteiger partial charge >= 0.3 is 0 Å². The third-order valence-electron chi connectivity index (χ3n) is 3.61. The lowest BCUT2D eigenvalue weighted by molar-refractivity contribution is -0.129. The number of hydrogen-bond donors (Lipinski definition) is 0. The molecule has 1 aromatic carbocycles. The Labute approximate surface area is 135 Å². The summed E-state index contributed by atoms with van der Waals surface area (Å²) in [6.45, 7) is 3.01. The Morgan fingerprint density at radius 3 is 2.81 bits per heavy atom. The summed E-state index contributed by atoms with van der Waals surface area (Å²) in [5.74, 6) is 0.146. The van der Waals surface area contributed by atoms with Gasteiger partial charge in [0.2, 0.25) is 5.91 Å². The molecule has 0 N–H and O–H groups in total. The molecule has 1 aromatic rings. The Balaban J connectivity index is 1.94. The first-order valence-electron chi connectivity index (χ1n) is 6.96. The average Bonchev–Trinajstić information content (AvgIpc) is 2.47. The van der Waals surface area contributed by atoms with Gasteiger partial charge in [-0.15, -0.1) is 0 Å². The molecule has 0 saturated carbocycles. The summed E-state index contributed by atoms with van der Waals surface area (Å²) in [6.07, 6.45) is 0.504. The van der Waals surface area contributed by atoms with E-state index in [9.17, 15) is 4.79 Å². The van der Waals surface area contributed by atoms with E-state index in [2.05, 4.69) is 4.90 Å². The Bertz CT molecular complexity index is 508. The van der Waals surface area contributed by atoms with Gasteiger partial charge in [-0.2, -0.15) is 0 Å². The largest absolute Gasteiger partial charge is 0.371 e. The minimum absolute atomic E-state index is 0.0250. The molecule has 1 heterocycles. The first-order valence-corrected chi connectivity index (χ1v) is 7.72. The van der Waals surface area contributed by atoms with Crippen LogP contribution < -0.4 is 0 Å². The van der Waals surface area contributed by atoms with E-state index >= 15 is 0 Å². The van der Waals surface area contributed by atoms with Crippen molar-refractivity contribution in [3.8, 4) is 0 Å². The second-order valence-electron chi connectivity index (χ2n) is 5.37. The number of benzene rings is 1. The smallest absolute Gasteiger partial charge is 0.223 e. The number of carbonyl (C=O) groups excluding carboxylic acids is 1. The van der Waals surface area contributed by atoms with Crippen LogP contribution in [0.25, 0.3) is 0 Å². The Kier molecular flexibility index (Phi) is 5.88. The molecule has 1 aliphatic rings. The fourth-order valence-electron chi connectivity index (χ4n) is 2.30. The van der Waals surface area contributed by atoms with Crippen LogP contribution in [-0.4, -0.2) is 56.0 Å². The van der Waals surface area contributed by atoms with E-state index < -0.39 is 0 Å². The maximum atomic E-state index is 11.7. The summed E-state index contributed by atoms with van der Waals surface area (Å²) in [5.41, 5.74) is 1.02. The Morgan fingerprint density at radius 1 is 1.38 bits per heavy atom. The third kappa shape index (κ3) is 4.58. The number of hydrogen-bond acceptors (Lipinski definition) is 3. The van der Waals surface area contributed by atoms with Gasteiger partial charge in [0.05, 0.1) is 22.8 Å². The highest BCUT2D eigenvalue weighted by Crippen LogP contribution is 2.29. The van der Waals surface area contributed by atoms with Crippen LogP contribution in [0, 0.1) is 0 Å². The monoisotopic (exact) mass is 330 g/mol. The molecule has 116 valence electrons. The van der Waals surface area contributed by atoms with Crippen molar-refractivity contribution in [3.05, 3.63) is 33.8 Å². The lowest BCUT2D eigenvalue weighted by Crippen LogP contribution is -2.40. The highest BCUT2D eigenvalue weighted by molar-refractivity contribution is 6.42. The van der Waals surface area contributed by atoms with Crippen LogP contribution in [0.15, 0.2) is 18.2 Å². The van der Waals surface area contributed by atoms with E-state index in [0.717, 1.165) is 25.2 Å². The van der Waals surface area contributed by atoms with Crippen LogP contribution in [0.2, 0.25) is 10.0 Å². The van der Waals surface area contributed by atoms with Crippen LogP contribution in [0.1, 0.15) is 18.1 Å². The first-order chi connectivity index (χ1) is 9.97. The molecule has 1 aliphatic heterocycles. The Hall–Kier alpha value is -0.810. The number of morpholine rings is 1. The summed E-state index contributed by atoms with van der Waals surface area (Å²) >= 11 is 12.0. The molecule has 1 amide bonds. The van der Waals surface area contributed by atoms with Crippen LogP contribution in [0.4, 0.5) is 0 Å². The standard InChI is InChI=1S/C15H20Cl2N2O2/c1-18(2)15(20)5-6-19-7-8-21-14(10-19)11-3-4-12(16)13(17)9-11/h3-4,9,14H,5-8,10H2,1-2H3/t14-/m0/s1. The Morgan fingerprint density at radius 2 is 2.14 bits per heavy atom. The molecule has 0 unspecified atom stereocenters. The molecule has 2 rings (SSSR count). The van der Waals surface area contributed by atoms with Crippen LogP contribution in [0.5, 0.6) is 0 Å². The summed E-state index contributed by atoms with van der Waals surface area (Å²) in [6, 6.07) is 5.58. The molecular formula is C15H20Cl2N2O2. The van der Waals surface area contributed by atoms with Gasteiger partial charge in [0.15, 0.2) is 0 Å². The summed E-state index contributed by atoms with van der Waals surface area (Å²) in [4.78, 5) is 15.5. The van der Waals surface area contributed by atoms with Crippen molar-refractivity contribution >= 4 is 29.1 Å². The summed E-state index contributed by atoms with van der Waals surface area (Å²) in [7, 11) is 3.56. The van der Waals surface area contributed by atoms with Crippen molar-refractivity contribution in [1.82, 2.24) is 9.80 Å². The number of amides is 1. The van der Waals surface area contributed by atoms with Crippen molar-refractivity contribution < 1.29 is 9.53 Å². The van der Waals surface area contributed by atoms with Crippen LogP contribution in [0.3, 0.4) is 0 Å². The minimum Gasteiger partial charge on any atom is -0.371 e. The molecule has 0 spiro atoms. The number of halogens is 2. The fourth-order valence-corrected chi connectivity index (χ4v) is 2.60. The molecule has 4 nitrogen and oxygen atoms in total. The van der Waals surface area contributed by atoms with E-state index in [0.29, 0.717) is 23.1 Å². The van der Waals surface area contributed by atoms with Gasteiger partial charge in [0.25, 0.3) is 0 Å². The van der Waals surface area contributed by atoms with Gasteiger partial charge in [0.1, 0.15) is 0 Å². The zero-order valence-electron chi connectivity index (χ0n) is 12.3. The predicted molar refractivity (Wildman–Crippen MR) is 84.9 cm³/mol. The van der Waals surface area contributed by atoms with E-state index in [1.807, 2.05) is 12.1 Å². The molecule has 0 aliphatic carbocycles. The number of ether oxygens (including phenoxy) is 1. The van der Waals surface area contributed by atoms with Crippen molar-refractivity contribution in [2.45, 2.75) is 12.5 Å². The third-order valence-corrected chi connectivity index (χ3v) is 4.35. The second-order valence-corrected chi connectivity index (χ2v) is 6.19. The normalized spacial score (nSPS) is 19.5. The maximum Gasteiger partial charge on any atom is 0.223 e. The topological polar surface area (TPSA) is 32.8 Å². The number of carbonyl (C=O) groups is 1. The van der Waals surface area contributed by atoms with Gasteiger partial charge in [-0.25, -0.2) is 0 Å². The quantitative estimate of drug-likeness (QED) is 0.851. The lowest BCUT2D eigenvalue weighted by atomic mass is 10.1. The molecular weight excluding hydrogens is 311 g/mol. The number of nitrogens with zero attached hydrogens (tertiary/aromatic N) is 2. The highest BCUT2D eigenvalue weighted by atomic mass is 35.5. The van der Waals surface area contributed by atoms with E-state index in [-0.39, 0.29) is 12.0 Å². The van der Waals surface area contributed by atoms with Gasteiger partial charge in [-0.1, -0.05) is 29.3 Å². The molecule has 6 heteroatoms. The van der Waals surface area contributed by atoms with E-state index in [1.54, 1.807) is 25.1 Å². The molecule has 0 aromatic heterocycles. The van der Waals surface area contributed by atoms with Gasteiger partial charge in [-0.3, -0.25) is 9.69 Å². The van der Waals surface area contributed by atoms with Crippen molar-refractivity contribution in [3.63, 3.8) is 0 Å². The minimum atomic E-state index is -0.0250. The summed E-state index contributed by atoms with van der Waals surface area (Å²) < 4.78 is 5.80. The van der Waals surface area contributed by atoms with Crippen LogP contribution in [-0.2, 0) is 9.53 Å². The van der Waals surface area contributed by atoms with Gasteiger partial charge in [-0.05, 0) is 17.7 Å². The predicted octanol–water partition coefficient (Wildman–Crippen LogP) is 2.85. The van der Waals surface area contributed by atoms with E-state index in [1.165, 1.54) is 0 Å². The molecule has 1 atom stereocenters. The molecule has 0 radical (unpaired) electrons. The summed E-state index contributed by atoms with van der Waals surface area (Å²) in [5, 5.41) is 1.09. The maximum absolute atomic E-state index is 11.7. The first kappa shape index (κ1) is 16.6. The molecule has 1 saturated heterocycles. The SMILES string of the molecule is CN(C)C(=O)CCN1CCO[C@H](c2ccc(Cl)c(Cl)c2)C1. The molecule has 0 bridgehead atoms. The molecule has 21 heavy (non-hydrogen) atoms. The lowest BCUT2D eigenvalue weighted by Gasteiger charge is -2.33. The molecule has 1 fully saturated rings. The zero-order chi connectivity index (χ0) is 15.4. The highest BCUT2D eigenvalue weighted by Gasteiger charge is 2.23. The van der Waals surface area contributed by atoms with Gasteiger partial charge < -0.3 is 9.64 Å². The van der Waals surface area contributed by atoms with Crippen molar-refractivity contribution in [1.29, 1.82) is 0 Å².